The Bertz CT molecular complexity index is 876. The number of hydrogen-bond acceptors (Lipinski definition) is 5. The van der Waals surface area contributed by atoms with E-state index in [0.29, 0.717) is 42.0 Å². The van der Waals surface area contributed by atoms with Crippen LogP contribution in [0, 0.1) is 12.7 Å². The Balaban J connectivity index is 2.15. The third-order valence-corrected chi connectivity index (χ3v) is 4.85. The van der Waals surface area contributed by atoms with Crippen LogP contribution in [0.4, 0.5) is 4.39 Å². The van der Waals surface area contributed by atoms with Gasteiger partial charge in [-0.3, -0.25) is 4.79 Å². The zero-order valence-electron chi connectivity index (χ0n) is 18.0. The van der Waals surface area contributed by atoms with Crippen LogP contribution in [0.2, 0.25) is 0 Å². The van der Waals surface area contributed by atoms with Crippen molar-refractivity contribution in [3.63, 3.8) is 0 Å². The molecule has 2 aromatic carbocycles. The second-order valence-corrected chi connectivity index (χ2v) is 6.94. The standard InChI is InChI=1S/C23H28FNO6/c1-16-20(29-2)13-18(14-21(16)30-3)23(28)25(11-12-31-15-22(26)27)10-6-8-17-7-4-5-9-19(17)24/h4-5,7,9,13-14H,6,8,10-12,15H2,1-3H3,(H,26,27). The highest BCUT2D eigenvalue weighted by Crippen LogP contribution is 2.30. The molecule has 0 fully saturated rings. The Morgan fingerprint density at radius 3 is 2.29 bits per heavy atom. The monoisotopic (exact) mass is 433 g/mol. The minimum Gasteiger partial charge on any atom is -0.496 e. The van der Waals surface area contributed by atoms with Crippen LogP contribution >= 0.6 is 0 Å². The largest absolute Gasteiger partial charge is 0.496 e. The summed E-state index contributed by atoms with van der Waals surface area (Å²) < 4.78 is 29.7. The summed E-state index contributed by atoms with van der Waals surface area (Å²) in [6.07, 6.45) is 0.999. The highest BCUT2D eigenvalue weighted by atomic mass is 19.1. The molecule has 31 heavy (non-hydrogen) atoms. The van der Waals surface area contributed by atoms with Gasteiger partial charge in [-0.15, -0.1) is 0 Å². The van der Waals surface area contributed by atoms with E-state index in [0.717, 1.165) is 5.56 Å². The molecule has 0 heterocycles. The van der Waals surface area contributed by atoms with Crippen LogP contribution in [-0.4, -0.2) is 62.4 Å². The molecular weight excluding hydrogens is 405 g/mol. The summed E-state index contributed by atoms with van der Waals surface area (Å²) in [5.41, 5.74) is 1.73. The van der Waals surface area contributed by atoms with Gasteiger partial charge in [0, 0.05) is 24.2 Å². The Morgan fingerprint density at radius 2 is 1.71 bits per heavy atom. The van der Waals surface area contributed by atoms with Crippen molar-refractivity contribution in [2.24, 2.45) is 0 Å². The van der Waals surface area contributed by atoms with Gasteiger partial charge in [-0.1, -0.05) is 18.2 Å². The van der Waals surface area contributed by atoms with Crippen LogP contribution in [0.25, 0.3) is 0 Å². The van der Waals surface area contributed by atoms with Crippen molar-refractivity contribution in [1.29, 1.82) is 0 Å². The predicted octanol–water partition coefficient (Wildman–Crippen LogP) is 3.33. The Hall–Kier alpha value is -3.13. The number of nitrogens with zero attached hydrogens (tertiary/aromatic N) is 1. The molecule has 0 aliphatic heterocycles. The van der Waals surface area contributed by atoms with E-state index in [-0.39, 0.29) is 24.9 Å². The van der Waals surface area contributed by atoms with Gasteiger partial charge in [-0.2, -0.15) is 0 Å². The van der Waals surface area contributed by atoms with Gasteiger partial charge in [0.2, 0.25) is 0 Å². The van der Waals surface area contributed by atoms with Gasteiger partial charge in [0.05, 0.1) is 20.8 Å². The fraction of sp³-hybridized carbons (Fsp3) is 0.391. The van der Waals surface area contributed by atoms with E-state index in [9.17, 15) is 14.0 Å². The van der Waals surface area contributed by atoms with E-state index in [1.807, 2.05) is 6.92 Å². The van der Waals surface area contributed by atoms with Crippen molar-refractivity contribution in [2.75, 3.05) is 40.5 Å². The average molecular weight is 433 g/mol. The number of carboxylic acid groups (broad SMARTS) is 1. The molecule has 0 saturated heterocycles. The number of amides is 1. The number of carboxylic acids is 1. The summed E-state index contributed by atoms with van der Waals surface area (Å²) >= 11 is 0. The normalized spacial score (nSPS) is 10.6. The van der Waals surface area contributed by atoms with Crippen LogP contribution in [-0.2, 0) is 16.0 Å². The molecule has 0 bridgehead atoms. The van der Waals surface area contributed by atoms with Gasteiger partial charge in [0.15, 0.2) is 0 Å². The minimum atomic E-state index is -1.08. The topological polar surface area (TPSA) is 85.3 Å². The number of aryl methyl sites for hydroxylation is 1. The smallest absolute Gasteiger partial charge is 0.329 e. The van der Waals surface area contributed by atoms with Crippen LogP contribution in [0.5, 0.6) is 11.5 Å². The van der Waals surface area contributed by atoms with Gasteiger partial charge in [0.1, 0.15) is 23.9 Å². The number of rotatable bonds is 12. The summed E-state index contributed by atoms with van der Waals surface area (Å²) in [5.74, 6) is -0.583. The highest BCUT2D eigenvalue weighted by molar-refractivity contribution is 5.95. The molecule has 0 aliphatic rings. The molecule has 1 amide bonds. The lowest BCUT2D eigenvalue weighted by molar-refractivity contribution is -0.142. The van der Waals surface area contributed by atoms with E-state index in [2.05, 4.69) is 0 Å². The second kappa shape index (κ2) is 11.9. The van der Waals surface area contributed by atoms with Crippen molar-refractivity contribution in [3.8, 4) is 11.5 Å². The third kappa shape index (κ3) is 6.96. The lowest BCUT2D eigenvalue weighted by Crippen LogP contribution is -2.35. The molecular formula is C23H28FNO6. The van der Waals surface area contributed by atoms with E-state index in [1.54, 1.807) is 35.2 Å². The lowest BCUT2D eigenvalue weighted by Gasteiger charge is -2.24. The molecule has 168 valence electrons. The van der Waals surface area contributed by atoms with E-state index in [4.69, 9.17) is 19.3 Å². The van der Waals surface area contributed by atoms with Crippen LogP contribution in [0.1, 0.15) is 27.9 Å². The van der Waals surface area contributed by atoms with Crippen molar-refractivity contribution < 1.29 is 33.3 Å². The molecule has 0 aliphatic carbocycles. The second-order valence-electron chi connectivity index (χ2n) is 6.94. The SMILES string of the molecule is COc1cc(C(=O)N(CCCc2ccccc2F)CCOCC(=O)O)cc(OC)c1C. The molecule has 0 atom stereocenters. The van der Waals surface area contributed by atoms with Crippen LogP contribution in [0.3, 0.4) is 0 Å². The Kier molecular flexibility index (Phi) is 9.27. The zero-order chi connectivity index (χ0) is 22.8. The van der Waals surface area contributed by atoms with Crippen molar-refractivity contribution >= 4 is 11.9 Å². The summed E-state index contributed by atoms with van der Waals surface area (Å²) in [4.78, 5) is 25.4. The summed E-state index contributed by atoms with van der Waals surface area (Å²) in [6, 6.07) is 9.80. The number of carbonyl (C=O) groups is 2. The van der Waals surface area contributed by atoms with E-state index >= 15 is 0 Å². The number of ether oxygens (including phenoxy) is 3. The molecule has 2 rings (SSSR count). The minimum absolute atomic E-state index is 0.0673. The maximum absolute atomic E-state index is 13.9. The molecule has 0 radical (unpaired) electrons. The number of methoxy groups -OCH3 is 2. The molecule has 2 aromatic rings. The first kappa shape index (κ1) is 24.1. The number of benzene rings is 2. The summed E-state index contributed by atoms with van der Waals surface area (Å²) in [7, 11) is 3.03. The summed E-state index contributed by atoms with van der Waals surface area (Å²) in [6.45, 7) is 2.00. The molecule has 0 saturated carbocycles. The van der Waals surface area contributed by atoms with Gasteiger partial charge in [0.25, 0.3) is 5.91 Å². The Morgan fingerprint density at radius 1 is 1.06 bits per heavy atom. The number of hydrogen-bond donors (Lipinski definition) is 1. The van der Waals surface area contributed by atoms with E-state index in [1.165, 1.54) is 20.3 Å². The number of halogens is 1. The molecule has 8 heteroatoms. The number of carbonyl (C=O) groups excluding carboxylic acids is 1. The fourth-order valence-corrected chi connectivity index (χ4v) is 3.20. The lowest BCUT2D eigenvalue weighted by atomic mass is 10.1. The first-order chi connectivity index (χ1) is 14.9. The number of aliphatic carboxylic acids is 1. The average Bonchev–Trinajstić information content (AvgIpc) is 2.76. The molecule has 0 aromatic heterocycles. The molecule has 7 nitrogen and oxygen atoms in total. The van der Waals surface area contributed by atoms with Crippen LogP contribution < -0.4 is 9.47 Å². The van der Waals surface area contributed by atoms with E-state index < -0.39 is 12.6 Å². The predicted molar refractivity (Wildman–Crippen MR) is 113 cm³/mol. The van der Waals surface area contributed by atoms with Gasteiger partial charge in [-0.25, -0.2) is 9.18 Å². The fourth-order valence-electron chi connectivity index (χ4n) is 3.20. The van der Waals surface area contributed by atoms with Crippen molar-refractivity contribution in [3.05, 3.63) is 58.9 Å². The van der Waals surface area contributed by atoms with Gasteiger partial charge >= 0.3 is 5.97 Å². The molecule has 0 unspecified atom stereocenters. The Labute approximate surface area is 181 Å². The van der Waals surface area contributed by atoms with Crippen molar-refractivity contribution in [2.45, 2.75) is 19.8 Å². The van der Waals surface area contributed by atoms with Gasteiger partial charge < -0.3 is 24.2 Å². The molecule has 0 spiro atoms. The summed E-state index contributed by atoms with van der Waals surface area (Å²) in [5, 5.41) is 8.73. The van der Waals surface area contributed by atoms with Gasteiger partial charge in [-0.05, 0) is 43.5 Å². The quantitative estimate of drug-likeness (QED) is 0.517. The molecule has 1 N–H and O–H groups in total. The first-order valence-electron chi connectivity index (χ1n) is 9.92. The first-order valence-corrected chi connectivity index (χ1v) is 9.92. The highest BCUT2D eigenvalue weighted by Gasteiger charge is 2.19. The third-order valence-electron chi connectivity index (χ3n) is 4.85. The maximum atomic E-state index is 13.9. The van der Waals surface area contributed by atoms with Crippen LogP contribution in [0.15, 0.2) is 36.4 Å². The van der Waals surface area contributed by atoms with Crippen molar-refractivity contribution in [1.82, 2.24) is 4.90 Å². The maximum Gasteiger partial charge on any atom is 0.329 e. The zero-order valence-corrected chi connectivity index (χ0v) is 18.0.